The zero-order valence-electron chi connectivity index (χ0n) is 13.8. The van der Waals surface area contributed by atoms with Crippen molar-refractivity contribution in [1.82, 2.24) is 10.6 Å². The van der Waals surface area contributed by atoms with Crippen molar-refractivity contribution >= 4 is 11.8 Å². The molecule has 2 N–H and O–H groups in total. The second-order valence-electron chi connectivity index (χ2n) is 5.69. The average molecular weight is 330 g/mol. The molecule has 1 aromatic heterocycles. The maximum absolute atomic E-state index is 12.3. The zero-order chi connectivity index (χ0) is 17.4. The van der Waals surface area contributed by atoms with Gasteiger partial charge in [0.25, 0.3) is 5.91 Å². The lowest BCUT2D eigenvalue weighted by molar-refractivity contribution is -0.131. The van der Waals surface area contributed by atoms with Crippen LogP contribution in [0.4, 0.5) is 0 Å². The molecule has 0 fully saturated rings. The van der Waals surface area contributed by atoms with Crippen molar-refractivity contribution in [3.8, 4) is 5.75 Å². The van der Waals surface area contributed by atoms with Crippen LogP contribution in [0.2, 0.25) is 0 Å². The van der Waals surface area contributed by atoms with Crippen molar-refractivity contribution in [3.63, 3.8) is 0 Å². The highest BCUT2D eigenvalue weighted by molar-refractivity contribution is 5.88. The van der Waals surface area contributed by atoms with Crippen molar-refractivity contribution in [3.05, 3.63) is 54.5 Å². The Bertz CT molecular complexity index is 638. The Morgan fingerprint density at radius 1 is 1.12 bits per heavy atom. The van der Waals surface area contributed by atoms with Crippen LogP contribution in [0.1, 0.15) is 19.6 Å². The third kappa shape index (κ3) is 5.46. The number of rotatable bonds is 8. The molecule has 1 aromatic carbocycles. The van der Waals surface area contributed by atoms with E-state index >= 15 is 0 Å². The molecule has 2 amide bonds. The molecule has 2 aromatic rings. The number of hydrogen-bond acceptors (Lipinski definition) is 4. The van der Waals surface area contributed by atoms with E-state index in [1.54, 1.807) is 30.5 Å². The summed E-state index contributed by atoms with van der Waals surface area (Å²) in [6.45, 7) is 3.88. The van der Waals surface area contributed by atoms with E-state index in [4.69, 9.17) is 9.15 Å². The number of carbonyl (C=O) groups excluding carboxylic acids is 2. The van der Waals surface area contributed by atoms with Crippen molar-refractivity contribution in [1.29, 1.82) is 0 Å². The van der Waals surface area contributed by atoms with Gasteiger partial charge in [-0.05, 0) is 30.2 Å². The predicted molar refractivity (Wildman–Crippen MR) is 89.3 cm³/mol. The zero-order valence-corrected chi connectivity index (χ0v) is 13.8. The molecule has 0 saturated heterocycles. The number of carbonyl (C=O) groups is 2. The first kappa shape index (κ1) is 17.6. The number of para-hydroxylation sites is 1. The summed E-state index contributed by atoms with van der Waals surface area (Å²) in [5.41, 5.74) is 0. The van der Waals surface area contributed by atoms with Gasteiger partial charge in [-0.15, -0.1) is 0 Å². The van der Waals surface area contributed by atoms with E-state index in [-0.39, 0.29) is 30.9 Å². The van der Waals surface area contributed by atoms with E-state index in [1.807, 2.05) is 32.0 Å². The normalized spacial score (nSPS) is 11.8. The summed E-state index contributed by atoms with van der Waals surface area (Å²) >= 11 is 0. The lowest BCUT2D eigenvalue weighted by Crippen LogP contribution is -2.50. The third-order valence-corrected chi connectivity index (χ3v) is 3.40. The lowest BCUT2D eigenvalue weighted by atomic mass is 10.0. The summed E-state index contributed by atoms with van der Waals surface area (Å²) in [5.74, 6) is 0.614. The van der Waals surface area contributed by atoms with E-state index in [0.717, 1.165) is 0 Å². The van der Waals surface area contributed by atoms with Crippen LogP contribution in [-0.4, -0.2) is 24.5 Å². The number of nitrogens with one attached hydrogen (secondary N) is 2. The molecule has 0 unspecified atom stereocenters. The Kier molecular flexibility index (Phi) is 6.42. The monoisotopic (exact) mass is 330 g/mol. The van der Waals surface area contributed by atoms with E-state index in [9.17, 15) is 9.59 Å². The summed E-state index contributed by atoms with van der Waals surface area (Å²) in [5, 5.41) is 5.47. The average Bonchev–Trinajstić information content (AvgIpc) is 3.10. The van der Waals surface area contributed by atoms with Crippen LogP contribution in [-0.2, 0) is 16.1 Å². The third-order valence-electron chi connectivity index (χ3n) is 3.40. The minimum atomic E-state index is -0.633. The first-order valence-corrected chi connectivity index (χ1v) is 7.83. The van der Waals surface area contributed by atoms with Gasteiger partial charge in [0.15, 0.2) is 6.61 Å². The van der Waals surface area contributed by atoms with E-state index < -0.39 is 6.04 Å². The number of hydrogen-bond donors (Lipinski definition) is 2. The van der Waals surface area contributed by atoms with Crippen LogP contribution < -0.4 is 15.4 Å². The van der Waals surface area contributed by atoms with Gasteiger partial charge in [0.05, 0.1) is 12.8 Å². The molecule has 0 aliphatic heterocycles. The van der Waals surface area contributed by atoms with Crippen LogP contribution in [0.25, 0.3) is 0 Å². The van der Waals surface area contributed by atoms with Gasteiger partial charge in [0, 0.05) is 0 Å². The van der Waals surface area contributed by atoms with Gasteiger partial charge in [-0.3, -0.25) is 9.59 Å². The van der Waals surface area contributed by atoms with Gasteiger partial charge in [-0.1, -0.05) is 32.0 Å². The Morgan fingerprint density at radius 2 is 1.88 bits per heavy atom. The van der Waals surface area contributed by atoms with Gasteiger partial charge >= 0.3 is 0 Å². The first-order valence-electron chi connectivity index (χ1n) is 7.83. The fraction of sp³-hybridized carbons (Fsp3) is 0.333. The predicted octanol–water partition coefficient (Wildman–Crippen LogP) is 2.12. The molecule has 6 nitrogen and oxygen atoms in total. The van der Waals surface area contributed by atoms with Crippen molar-refractivity contribution in [2.24, 2.45) is 5.92 Å². The highest BCUT2D eigenvalue weighted by Crippen LogP contribution is 2.08. The van der Waals surface area contributed by atoms with Gasteiger partial charge in [-0.25, -0.2) is 0 Å². The molecule has 0 aliphatic rings. The fourth-order valence-electron chi connectivity index (χ4n) is 2.11. The maximum Gasteiger partial charge on any atom is 0.258 e. The fourth-order valence-corrected chi connectivity index (χ4v) is 2.11. The summed E-state index contributed by atoms with van der Waals surface area (Å²) in [7, 11) is 0. The molecular weight excluding hydrogens is 308 g/mol. The molecule has 0 aliphatic carbocycles. The molecule has 0 spiro atoms. The summed E-state index contributed by atoms with van der Waals surface area (Å²) in [6.07, 6.45) is 1.55. The molecule has 24 heavy (non-hydrogen) atoms. The van der Waals surface area contributed by atoms with Gasteiger partial charge in [0.2, 0.25) is 5.91 Å². The molecule has 1 heterocycles. The SMILES string of the molecule is CC(C)[C@H](NC(=O)COc1ccccc1)C(=O)NCc1ccco1. The van der Waals surface area contributed by atoms with Crippen LogP contribution >= 0.6 is 0 Å². The van der Waals surface area contributed by atoms with E-state index in [1.165, 1.54) is 0 Å². The standard InChI is InChI=1S/C18H22N2O4/c1-13(2)17(18(22)19-11-15-9-6-10-23-15)20-16(21)12-24-14-7-4-3-5-8-14/h3-10,13,17H,11-12H2,1-2H3,(H,19,22)(H,20,21)/t17-/m0/s1. The second kappa shape index (κ2) is 8.76. The number of ether oxygens (including phenoxy) is 1. The molecule has 0 saturated carbocycles. The summed E-state index contributed by atoms with van der Waals surface area (Å²) in [6, 6.07) is 11.9. The number of amides is 2. The van der Waals surface area contributed by atoms with E-state index in [0.29, 0.717) is 11.5 Å². The van der Waals surface area contributed by atoms with Gasteiger partial charge in [-0.2, -0.15) is 0 Å². The molecular formula is C18H22N2O4. The van der Waals surface area contributed by atoms with Crippen LogP contribution in [0.3, 0.4) is 0 Å². The summed E-state index contributed by atoms with van der Waals surface area (Å²) < 4.78 is 10.6. The highest BCUT2D eigenvalue weighted by atomic mass is 16.5. The lowest BCUT2D eigenvalue weighted by Gasteiger charge is -2.21. The highest BCUT2D eigenvalue weighted by Gasteiger charge is 2.24. The first-order chi connectivity index (χ1) is 11.6. The minimum absolute atomic E-state index is 0.0534. The van der Waals surface area contributed by atoms with Crippen LogP contribution in [0, 0.1) is 5.92 Å². The molecule has 6 heteroatoms. The second-order valence-corrected chi connectivity index (χ2v) is 5.69. The Labute approximate surface area is 141 Å². The quantitative estimate of drug-likeness (QED) is 0.777. The molecule has 0 bridgehead atoms. The smallest absolute Gasteiger partial charge is 0.258 e. The molecule has 0 radical (unpaired) electrons. The van der Waals surface area contributed by atoms with Crippen molar-refractivity contribution in [2.45, 2.75) is 26.4 Å². The number of benzene rings is 1. The van der Waals surface area contributed by atoms with Crippen LogP contribution in [0.5, 0.6) is 5.75 Å². The minimum Gasteiger partial charge on any atom is -0.484 e. The molecule has 128 valence electrons. The van der Waals surface area contributed by atoms with Crippen molar-refractivity contribution in [2.75, 3.05) is 6.61 Å². The Balaban J connectivity index is 1.83. The van der Waals surface area contributed by atoms with Gasteiger partial charge in [0.1, 0.15) is 17.6 Å². The molecule has 2 rings (SSSR count). The van der Waals surface area contributed by atoms with Gasteiger partial charge < -0.3 is 19.8 Å². The number of furan rings is 1. The maximum atomic E-state index is 12.3. The summed E-state index contributed by atoms with van der Waals surface area (Å²) in [4.78, 5) is 24.3. The Morgan fingerprint density at radius 3 is 2.50 bits per heavy atom. The molecule has 1 atom stereocenters. The van der Waals surface area contributed by atoms with E-state index in [2.05, 4.69) is 10.6 Å². The van der Waals surface area contributed by atoms with Crippen molar-refractivity contribution < 1.29 is 18.7 Å². The largest absolute Gasteiger partial charge is 0.484 e. The Hall–Kier alpha value is -2.76. The van der Waals surface area contributed by atoms with Crippen LogP contribution in [0.15, 0.2) is 53.1 Å². The topological polar surface area (TPSA) is 80.6 Å².